The SMILES string of the molecule is Cc1ccc(S(=O)(=O)CCC(=O)NC2CCOc3ccc(Br)cc32)cc1. The Balaban J connectivity index is 1.63. The molecule has 0 saturated heterocycles. The van der Waals surface area contributed by atoms with Crippen LogP contribution in [0.3, 0.4) is 0 Å². The highest BCUT2D eigenvalue weighted by atomic mass is 79.9. The van der Waals surface area contributed by atoms with Crippen molar-refractivity contribution in [2.45, 2.75) is 30.7 Å². The number of nitrogens with one attached hydrogen (secondary N) is 1. The molecule has 1 unspecified atom stereocenters. The summed E-state index contributed by atoms with van der Waals surface area (Å²) in [6.45, 7) is 2.41. The number of fused-ring (bicyclic) bond motifs is 1. The molecule has 1 heterocycles. The summed E-state index contributed by atoms with van der Waals surface area (Å²) in [7, 11) is -3.47. The molecule has 2 aromatic rings. The fourth-order valence-electron chi connectivity index (χ4n) is 2.87. The molecular weight excluding hydrogens is 418 g/mol. The van der Waals surface area contributed by atoms with Crippen molar-refractivity contribution in [3.05, 3.63) is 58.1 Å². The van der Waals surface area contributed by atoms with Crippen LogP contribution in [-0.2, 0) is 14.6 Å². The van der Waals surface area contributed by atoms with Crippen molar-refractivity contribution in [2.75, 3.05) is 12.4 Å². The molecule has 3 rings (SSSR count). The minimum absolute atomic E-state index is 0.0725. The van der Waals surface area contributed by atoms with E-state index in [9.17, 15) is 13.2 Å². The van der Waals surface area contributed by atoms with E-state index in [0.717, 1.165) is 21.3 Å². The number of aryl methyl sites for hydroxylation is 1. The minimum atomic E-state index is -3.47. The van der Waals surface area contributed by atoms with E-state index in [2.05, 4.69) is 21.2 Å². The Morgan fingerprint density at radius 1 is 1.23 bits per heavy atom. The monoisotopic (exact) mass is 437 g/mol. The summed E-state index contributed by atoms with van der Waals surface area (Å²) in [5, 5.41) is 2.93. The molecule has 138 valence electrons. The molecule has 0 aliphatic carbocycles. The number of hydrogen-bond donors (Lipinski definition) is 1. The Bertz CT molecular complexity index is 910. The lowest BCUT2D eigenvalue weighted by atomic mass is 10.0. The number of hydrogen-bond acceptors (Lipinski definition) is 4. The van der Waals surface area contributed by atoms with E-state index >= 15 is 0 Å². The summed E-state index contributed by atoms with van der Waals surface area (Å²) < 4.78 is 31.3. The first-order chi connectivity index (χ1) is 12.3. The van der Waals surface area contributed by atoms with Crippen LogP contribution < -0.4 is 10.1 Å². The number of rotatable bonds is 5. The number of ether oxygens (including phenoxy) is 1. The van der Waals surface area contributed by atoms with Crippen molar-refractivity contribution in [3.63, 3.8) is 0 Å². The van der Waals surface area contributed by atoms with Crippen molar-refractivity contribution in [2.24, 2.45) is 0 Å². The smallest absolute Gasteiger partial charge is 0.221 e. The Morgan fingerprint density at radius 3 is 2.69 bits per heavy atom. The fourth-order valence-corrected chi connectivity index (χ4v) is 4.49. The van der Waals surface area contributed by atoms with Crippen molar-refractivity contribution in [3.8, 4) is 5.75 Å². The minimum Gasteiger partial charge on any atom is -0.493 e. The van der Waals surface area contributed by atoms with Crippen molar-refractivity contribution >= 4 is 31.7 Å². The molecule has 1 aliphatic heterocycles. The van der Waals surface area contributed by atoms with Gasteiger partial charge in [0.15, 0.2) is 9.84 Å². The van der Waals surface area contributed by atoms with Crippen LogP contribution in [-0.4, -0.2) is 26.7 Å². The van der Waals surface area contributed by atoms with Gasteiger partial charge in [0.05, 0.1) is 23.3 Å². The molecule has 5 nitrogen and oxygen atoms in total. The molecule has 1 atom stereocenters. The van der Waals surface area contributed by atoms with E-state index in [-0.39, 0.29) is 29.0 Å². The summed E-state index contributed by atoms with van der Waals surface area (Å²) in [4.78, 5) is 12.6. The first kappa shape index (κ1) is 18.9. The standard InChI is InChI=1S/C19H20BrNO4S/c1-13-2-5-15(6-3-13)26(23,24)11-9-19(22)21-17-8-10-25-18-7-4-14(20)12-16(17)18/h2-7,12,17H,8-11H2,1H3,(H,21,22). The van der Waals surface area contributed by atoms with Gasteiger partial charge in [0.25, 0.3) is 0 Å². The number of benzene rings is 2. The molecule has 0 bridgehead atoms. The van der Waals surface area contributed by atoms with Gasteiger partial charge in [0, 0.05) is 22.9 Å². The van der Waals surface area contributed by atoms with Gasteiger partial charge in [0.1, 0.15) is 5.75 Å². The van der Waals surface area contributed by atoms with Gasteiger partial charge in [-0.3, -0.25) is 4.79 Å². The topological polar surface area (TPSA) is 72.5 Å². The van der Waals surface area contributed by atoms with Crippen LogP contribution in [0.4, 0.5) is 0 Å². The lowest BCUT2D eigenvalue weighted by Crippen LogP contribution is -2.33. The predicted octanol–water partition coefficient (Wildman–Crippen LogP) is 3.56. The summed E-state index contributed by atoms with van der Waals surface area (Å²) in [5.74, 6) is 0.256. The molecule has 1 N–H and O–H groups in total. The number of halogens is 1. The van der Waals surface area contributed by atoms with Crippen molar-refractivity contribution in [1.29, 1.82) is 0 Å². The van der Waals surface area contributed by atoms with E-state index in [0.29, 0.717) is 13.0 Å². The molecule has 1 aliphatic rings. The molecule has 0 aromatic heterocycles. The van der Waals surface area contributed by atoms with E-state index < -0.39 is 9.84 Å². The zero-order valence-corrected chi connectivity index (χ0v) is 16.8. The van der Waals surface area contributed by atoms with Gasteiger partial charge < -0.3 is 10.1 Å². The maximum Gasteiger partial charge on any atom is 0.221 e. The molecule has 0 fully saturated rings. The van der Waals surface area contributed by atoms with Gasteiger partial charge in [-0.05, 0) is 37.3 Å². The van der Waals surface area contributed by atoms with Crippen molar-refractivity contribution < 1.29 is 17.9 Å². The lowest BCUT2D eigenvalue weighted by molar-refractivity contribution is -0.121. The summed E-state index contributed by atoms with van der Waals surface area (Å²) in [6.07, 6.45) is 0.580. The third-order valence-corrected chi connectivity index (χ3v) is 6.55. The van der Waals surface area contributed by atoms with Crippen LogP contribution >= 0.6 is 15.9 Å². The maximum atomic E-state index is 12.4. The Labute approximate surface area is 161 Å². The average molecular weight is 438 g/mol. The molecule has 0 saturated carbocycles. The molecular formula is C19H20BrNO4S. The fraction of sp³-hybridized carbons (Fsp3) is 0.316. The quantitative estimate of drug-likeness (QED) is 0.775. The average Bonchev–Trinajstić information content (AvgIpc) is 2.61. The van der Waals surface area contributed by atoms with Crippen LogP contribution in [0.5, 0.6) is 5.75 Å². The van der Waals surface area contributed by atoms with Gasteiger partial charge in [0.2, 0.25) is 5.91 Å². The first-order valence-corrected chi connectivity index (χ1v) is 10.8. The molecule has 0 radical (unpaired) electrons. The van der Waals surface area contributed by atoms with Gasteiger partial charge >= 0.3 is 0 Å². The largest absolute Gasteiger partial charge is 0.493 e. The van der Waals surface area contributed by atoms with Gasteiger partial charge in [-0.1, -0.05) is 33.6 Å². The Kier molecular flexibility index (Phi) is 5.67. The maximum absolute atomic E-state index is 12.4. The second-order valence-electron chi connectivity index (χ2n) is 6.32. The first-order valence-electron chi connectivity index (χ1n) is 8.36. The lowest BCUT2D eigenvalue weighted by Gasteiger charge is -2.27. The van der Waals surface area contributed by atoms with Gasteiger partial charge in [-0.25, -0.2) is 8.42 Å². The van der Waals surface area contributed by atoms with E-state index in [1.54, 1.807) is 24.3 Å². The summed E-state index contributed by atoms with van der Waals surface area (Å²) >= 11 is 3.42. The van der Waals surface area contributed by atoms with Crippen LogP contribution in [0.1, 0.15) is 30.0 Å². The Hall–Kier alpha value is -1.86. The number of carbonyl (C=O) groups excluding carboxylic acids is 1. The third kappa shape index (κ3) is 4.45. The highest BCUT2D eigenvalue weighted by Crippen LogP contribution is 2.34. The predicted molar refractivity (Wildman–Crippen MR) is 103 cm³/mol. The number of carbonyl (C=O) groups is 1. The van der Waals surface area contributed by atoms with E-state index in [1.165, 1.54) is 0 Å². The van der Waals surface area contributed by atoms with E-state index in [1.807, 2.05) is 25.1 Å². The van der Waals surface area contributed by atoms with Gasteiger partial charge in [-0.2, -0.15) is 0 Å². The second kappa shape index (κ2) is 7.80. The third-order valence-electron chi connectivity index (χ3n) is 4.32. The number of amides is 1. The molecule has 0 spiro atoms. The molecule has 26 heavy (non-hydrogen) atoms. The normalized spacial score (nSPS) is 16.5. The molecule has 1 amide bonds. The zero-order valence-electron chi connectivity index (χ0n) is 14.4. The molecule has 7 heteroatoms. The van der Waals surface area contributed by atoms with Crippen LogP contribution in [0.25, 0.3) is 0 Å². The number of sulfone groups is 1. The van der Waals surface area contributed by atoms with Crippen molar-refractivity contribution in [1.82, 2.24) is 5.32 Å². The second-order valence-corrected chi connectivity index (χ2v) is 9.35. The summed E-state index contributed by atoms with van der Waals surface area (Å²) in [6, 6.07) is 12.2. The van der Waals surface area contributed by atoms with Crippen LogP contribution in [0, 0.1) is 6.92 Å². The Morgan fingerprint density at radius 2 is 1.96 bits per heavy atom. The summed E-state index contributed by atoms with van der Waals surface area (Å²) in [5.41, 5.74) is 1.89. The van der Waals surface area contributed by atoms with Crippen LogP contribution in [0.2, 0.25) is 0 Å². The van der Waals surface area contributed by atoms with Crippen LogP contribution in [0.15, 0.2) is 51.8 Å². The van der Waals surface area contributed by atoms with Gasteiger partial charge in [-0.15, -0.1) is 0 Å². The zero-order chi connectivity index (χ0) is 18.7. The van der Waals surface area contributed by atoms with E-state index in [4.69, 9.17) is 4.74 Å². The highest BCUT2D eigenvalue weighted by molar-refractivity contribution is 9.10. The molecule has 2 aromatic carbocycles. The highest BCUT2D eigenvalue weighted by Gasteiger charge is 2.24.